The highest BCUT2D eigenvalue weighted by atomic mass is 16.7. The Morgan fingerprint density at radius 3 is 2.33 bits per heavy atom. The summed E-state index contributed by atoms with van der Waals surface area (Å²) in [6.45, 7) is 8.58. The Balaban J connectivity index is 2.67. The third-order valence-electron chi connectivity index (χ3n) is 4.01. The molecule has 3 atom stereocenters. The lowest BCUT2D eigenvalue weighted by Crippen LogP contribution is -2.52. The summed E-state index contributed by atoms with van der Waals surface area (Å²) in [7, 11) is 0. The Bertz CT molecular complexity index is 250. The maximum Gasteiger partial charge on any atom is 0.158 e. The fraction of sp³-hybridized carbons (Fsp3) is 0.933. The second kappa shape index (κ2) is 7.25. The van der Waals surface area contributed by atoms with Crippen molar-refractivity contribution in [2.75, 3.05) is 0 Å². The zero-order valence-corrected chi connectivity index (χ0v) is 12.3. The first-order valence-electron chi connectivity index (χ1n) is 7.30. The molecule has 0 aromatic rings. The highest BCUT2D eigenvalue weighted by Gasteiger charge is 2.44. The van der Waals surface area contributed by atoms with Gasteiger partial charge in [-0.15, -0.1) is 0 Å². The topological polar surface area (TPSA) is 35.5 Å². The molecule has 0 radical (unpaired) electrons. The van der Waals surface area contributed by atoms with Crippen LogP contribution >= 0.6 is 0 Å². The summed E-state index contributed by atoms with van der Waals surface area (Å²) < 4.78 is 11.9. The smallest absolute Gasteiger partial charge is 0.158 e. The van der Waals surface area contributed by atoms with Gasteiger partial charge in [-0.3, -0.25) is 0 Å². The molecule has 1 rings (SSSR count). The Kier molecular flexibility index (Phi) is 6.30. The predicted molar refractivity (Wildman–Crippen MR) is 72.4 cm³/mol. The first-order chi connectivity index (χ1) is 8.56. The van der Waals surface area contributed by atoms with Crippen LogP contribution in [0, 0.1) is 5.41 Å². The van der Waals surface area contributed by atoms with Crippen molar-refractivity contribution in [3.05, 3.63) is 0 Å². The van der Waals surface area contributed by atoms with E-state index in [-0.39, 0.29) is 23.9 Å². The third kappa shape index (κ3) is 3.79. The van der Waals surface area contributed by atoms with Gasteiger partial charge in [0.1, 0.15) is 6.29 Å². The molecular weight excluding hydrogens is 228 g/mol. The van der Waals surface area contributed by atoms with E-state index in [0.29, 0.717) is 6.42 Å². The summed E-state index contributed by atoms with van der Waals surface area (Å²) >= 11 is 0. The Hall–Kier alpha value is -0.410. The number of hydrogen-bond acceptors (Lipinski definition) is 3. The minimum absolute atomic E-state index is 0.0136. The van der Waals surface area contributed by atoms with Crippen LogP contribution in [-0.2, 0) is 14.3 Å². The third-order valence-corrected chi connectivity index (χ3v) is 4.01. The van der Waals surface area contributed by atoms with Crippen molar-refractivity contribution in [2.45, 2.75) is 84.7 Å². The van der Waals surface area contributed by atoms with E-state index in [1.54, 1.807) is 0 Å². The van der Waals surface area contributed by atoms with Gasteiger partial charge in [-0.2, -0.15) is 0 Å². The van der Waals surface area contributed by atoms with Crippen molar-refractivity contribution >= 4 is 6.29 Å². The Morgan fingerprint density at radius 1 is 1.11 bits per heavy atom. The van der Waals surface area contributed by atoms with Crippen LogP contribution in [0.25, 0.3) is 0 Å². The molecule has 0 bridgehead atoms. The van der Waals surface area contributed by atoms with Gasteiger partial charge in [0.15, 0.2) is 6.29 Å². The molecular formula is C15H28O3. The first-order valence-corrected chi connectivity index (χ1v) is 7.30. The molecule has 0 N–H and O–H groups in total. The summed E-state index contributed by atoms with van der Waals surface area (Å²) in [5, 5.41) is 0. The number of carbonyl (C=O) groups excluding carboxylic acids is 1. The lowest BCUT2D eigenvalue weighted by atomic mass is 9.76. The molecule has 3 heteroatoms. The largest absolute Gasteiger partial charge is 0.349 e. The quantitative estimate of drug-likeness (QED) is 0.514. The summed E-state index contributed by atoms with van der Waals surface area (Å²) in [5.74, 6) is 0. The van der Waals surface area contributed by atoms with Crippen molar-refractivity contribution in [1.29, 1.82) is 0 Å². The number of unbranched alkanes of at least 4 members (excludes halogenated alkanes) is 2. The van der Waals surface area contributed by atoms with Crippen LogP contribution in [0.4, 0.5) is 0 Å². The standard InChI is InChI=1S/C15H28O3/c1-5-7-8-9-12-15(3,4)13(10-11-16)18-14(6-2)17-12/h11-14H,5-10H2,1-4H3/t12-,13+,14-/m0/s1. The molecule has 3 nitrogen and oxygen atoms in total. The predicted octanol–water partition coefficient (Wildman–Crippen LogP) is 3.70. The van der Waals surface area contributed by atoms with Crippen molar-refractivity contribution < 1.29 is 14.3 Å². The van der Waals surface area contributed by atoms with E-state index in [1.165, 1.54) is 19.3 Å². The molecule has 0 aromatic carbocycles. The Labute approximate surface area is 111 Å². The van der Waals surface area contributed by atoms with Gasteiger partial charge in [0.05, 0.1) is 12.2 Å². The lowest BCUT2D eigenvalue weighted by molar-refractivity contribution is -0.294. The fourth-order valence-electron chi connectivity index (χ4n) is 2.62. The second-order valence-corrected chi connectivity index (χ2v) is 5.81. The molecule has 0 aliphatic carbocycles. The summed E-state index contributed by atoms with van der Waals surface area (Å²) in [4.78, 5) is 10.8. The number of carbonyl (C=O) groups is 1. The summed E-state index contributed by atoms with van der Waals surface area (Å²) in [5.41, 5.74) is -0.0830. The zero-order chi connectivity index (χ0) is 13.6. The molecule has 1 saturated heterocycles. The summed E-state index contributed by atoms with van der Waals surface area (Å²) in [6.07, 6.45) is 7.04. The van der Waals surface area contributed by atoms with Crippen LogP contribution in [-0.4, -0.2) is 24.8 Å². The number of ether oxygens (including phenoxy) is 2. The van der Waals surface area contributed by atoms with Crippen molar-refractivity contribution in [3.63, 3.8) is 0 Å². The van der Waals surface area contributed by atoms with E-state index in [1.807, 2.05) is 0 Å². The van der Waals surface area contributed by atoms with Crippen LogP contribution in [0.5, 0.6) is 0 Å². The molecule has 18 heavy (non-hydrogen) atoms. The van der Waals surface area contributed by atoms with Crippen molar-refractivity contribution in [2.24, 2.45) is 5.41 Å². The first kappa shape index (κ1) is 15.6. The molecule has 0 aromatic heterocycles. The van der Waals surface area contributed by atoms with Crippen LogP contribution in [0.15, 0.2) is 0 Å². The summed E-state index contributed by atoms with van der Waals surface area (Å²) in [6, 6.07) is 0. The van der Waals surface area contributed by atoms with Crippen LogP contribution in [0.1, 0.15) is 66.2 Å². The molecule has 1 fully saturated rings. The van der Waals surface area contributed by atoms with Gasteiger partial charge >= 0.3 is 0 Å². The molecule has 0 spiro atoms. The molecule has 0 unspecified atom stereocenters. The van der Waals surface area contributed by atoms with E-state index >= 15 is 0 Å². The molecule has 0 amide bonds. The van der Waals surface area contributed by atoms with Gasteiger partial charge < -0.3 is 14.3 Å². The van der Waals surface area contributed by atoms with E-state index in [0.717, 1.165) is 19.1 Å². The number of aldehydes is 1. The van der Waals surface area contributed by atoms with Crippen molar-refractivity contribution in [1.82, 2.24) is 0 Å². The molecule has 0 saturated carbocycles. The number of rotatable bonds is 7. The Morgan fingerprint density at radius 2 is 1.78 bits per heavy atom. The second-order valence-electron chi connectivity index (χ2n) is 5.81. The SMILES string of the molecule is CCCCC[C@@H]1O[C@H](CC)O[C@H](CC=O)C1(C)C. The highest BCUT2D eigenvalue weighted by Crippen LogP contribution is 2.40. The van der Waals surface area contributed by atoms with Gasteiger partial charge in [-0.1, -0.05) is 47.0 Å². The normalized spacial score (nSPS) is 31.2. The van der Waals surface area contributed by atoms with Gasteiger partial charge in [-0.05, 0) is 12.8 Å². The minimum atomic E-state index is -0.144. The van der Waals surface area contributed by atoms with E-state index < -0.39 is 0 Å². The van der Waals surface area contributed by atoms with Gasteiger partial charge in [0.25, 0.3) is 0 Å². The average Bonchev–Trinajstić information content (AvgIpc) is 2.34. The van der Waals surface area contributed by atoms with Crippen LogP contribution in [0.2, 0.25) is 0 Å². The zero-order valence-electron chi connectivity index (χ0n) is 12.3. The molecule has 1 aliphatic heterocycles. The van der Waals surface area contributed by atoms with Crippen LogP contribution in [0.3, 0.4) is 0 Å². The minimum Gasteiger partial charge on any atom is -0.349 e. The van der Waals surface area contributed by atoms with Gasteiger partial charge in [-0.25, -0.2) is 0 Å². The maximum absolute atomic E-state index is 10.8. The molecule has 106 valence electrons. The van der Waals surface area contributed by atoms with E-state index in [9.17, 15) is 4.79 Å². The molecule has 1 aliphatic rings. The van der Waals surface area contributed by atoms with Gasteiger partial charge in [0, 0.05) is 11.8 Å². The fourth-order valence-corrected chi connectivity index (χ4v) is 2.62. The van der Waals surface area contributed by atoms with E-state index in [2.05, 4.69) is 27.7 Å². The van der Waals surface area contributed by atoms with Crippen molar-refractivity contribution in [3.8, 4) is 0 Å². The monoisotopic (exact) mass is 256 g/mol. The number of hydrogen-bond donors (Lipinski definition) is 0. The average molecular weight is 256 g/mol. The maximum atomic E-state index is 10.8. The molecule has 1 heterocycles. The van der Waals surface area contributed by atoms with E-state index in [4.69, 9.17) is 9.47 Å². The lowest BCUT2D eigenvalue weighted by Gasteiger charge is -2.47. The highest BCUT2D eigenvalue weighted by molar-refractivity contribution is 5.50. The van der Waals surface area contributed by atoms with Crippen LogP contribution < -0.4 is 0 Å². The van der Waals surface area contributed by atoms with Gasteiger partial charge in [0.2, 0.25) is 0 Å².